The molecule has 530 valence electrons. The van der Waals surface area contributed by atoms with Crippen molar-refractivity contribution in [3.8, 4) is 56.3 Å². The number of rotatable bonds is 13. The van der Waals surface area contributed by atoms with E-state index in [1.54, 1.807) is 18.3 Å². The summed E-state index contributed by atoms with van der Waals surface area (Å²) in [5.74, 6) is -0.171. The second-order valence-electron chi connectivity index (χ2n) is 31.6. The molecule has 10 rings (SSSR count). The number of aromatic nitrogens is 5. The van der Waals surface area contributed by atoms with Crippen LogP contribution in [0.1, 0.15) is 204 Å². The van der Waals surface area contributed by atoms with Gasteiger partial charge in [0.05, 0.1) is 0 Å². The van der Waals surface area contributed by atoms with Crippen molar-refractivity contribution in [3.63, 3.8) is 0 Å². The SMILES string of the molecule is [2H]C([2H])([2H])c1ccc(-c2ccc(C([2H])([2H])C(C)C)c[n+]2C)c(C)c1.[2H]C([2H])(c1c[n+](C)c(-c2ccccc2C)cc1C)C(C)(C)C.[2H]C([2H])(c1cc(-c2ccccc2C)[n+](C)cc1C([2H])([2H])C(C)(C)C)C(C)(C)C.[2H]C([2H])(c1ccc(-c2ccccc2C)[n+](C)c1)C(C)(C)C.[2H]C([2H])(c1ccc(-c2ccccc2C)[n+](C)c1)C(C)C. The predicted molar refractivity (Wildman–Crippen MR) is 428 cm³/mol. The van der Waals surface area contributed by atoms with Crippen LogP contribution < -0.4 is 22.8 Å². The molecule has 0 saturated heterocycles. The molecule has 0 fully saturated rings. The van der Waals surface area contributed by atoms with Crippen LogP contribution in [0.25, 0.3) is 56.3 Å². The fourth-order valence-corrected chi connectivity index (χ4v) is 11.9. The monoisotopic (exact) mass is 1360 g/mol. The van der Waals surface area contributed by atoms with Crippen molar-refractivity contribution in [2.45, 2.75) is 197 Å². The van der Waals surface area contributed by atoms with Gasteiger partial charge in [0.2, 0.25) is 28.5 Å². The lowest BCUT2D eigenvalue weighted by Gasteiger charge is -2.24. The molecule has 5 aromatic carbocycles. The van der Waals surface area contributed by atoms with Crippen molar-refractivity contribution in [1.82, 2.24) is 0 Å². The standard InChI is InChI=1S/C23H34N.C19H26N.2C18H24N.C17H22N/c1-17-11-9-10-12-20(17)21-13-18(14-22(2,3)4)19(16-24(21)8)15-23(5,6)7;1-14-9-7-8-10-17(14)18-11-15(2)16(13-20(18)6)12-19(3,4)5;1-13(2)10-16-7-9-18(19(5)12-16)17-8-6-14(3)11-15(17)4;1-14-8-6-7-9-16(14)17-11-10-15(13-19(17)5)12-18(2,3)4;1-13(2)11-15-9-10-17(18(4)12-15)16-8-6-5-7-14(16)3/h9-13,16H,14-15H2,1-8H3;7-11,13H,12H2,1-6H3;6-9,11-13H,10H2,1-5H3;6-11,13H,12H2,1-5H3;5-10,12-13H,11H2,1-4H3/q5*+1/i14D2,15D2;12D2;3D3,10D2;12D2;11D2. The lowest BCUT2D eigenvalue weighted by atomic mass is 9.81. The molecule has 0 spiro atoms. The van der Waals surface area contributed by atoms with Crippen molar-refractivity contribution in [2.24, 2.45) is 68.7 Å². The zero-order valence-corrected chi connectivity index (χ0v) is 65.9. The molecule has 0 amide bonds. The molecule has 0 saturated carbocycles. The van der Waals surface area contributed by atoms with Gasteiger partial charge >= 0.3 is 0 Å². The minimum Gasteiger partial charge on any atom is -0.201 e. The topological polar surface area (TPSA) is 19.4 Å². The molecule has 0 atom stereocenters. The molecule has 0 radical (unpaired) electrons. The minimum absolute atomic E-state index is 0.0492. The van der Waals surface area contributed by atoms with Crippen LogP contribution in [0.5, 0.6) is 0 Å². The molecule has 0 bridgehead atoms. The minimum atomic E-state index is -2.11. The highest BCUT2D eigenvalue weighted by molar-refractivity contribution is 5.65. The maximum atomic E-state index is 8.92. The van der Waals surface area contributed by atoms with E-state index in [4.69, 9.17) is 20.6 Å². The van der Waals surface area contributed by atoms with Crippen molar-refractivity contribution < 1.29 is 43.4 Å². The number of hydrogen-bond acceptors (Lipinski definition) is 0. The Hall–Kier alpha value is -8.15. The lowest BCUT2D eigenvalue weighted by Crippen LogP contribution is -2.33. The molecule has 5 heteroatoms. The van der Waals surface area contributed by atoms with Gasteiger partial charge in [-0.1, -0.05) is 201 Å². The summed E-state index contributed by atoms with van der Waals surface area (Å²) in [6, 6.07) is 53.5. The average Bonchev–Trinajstić information content (AvgIpc) is 0.737. The van der Waals surface area contributed by atoms with Gasteiger partial charge in [-0.2, -0.15) is 0 Å². The summed E-state index contributed by atoms with van der Waals surface area (Å²) in [7, 11) is 9.72. The number of hydrogen-bond donors (Lipinski definition) is 0. The van der Waals surface area contributed by atoms with E-state index < -0.39 is 66.7 Å². The van der Waals surface area contributed by atoms with Crippen LogP contribution in [0.3, 0.4) is 0 Å². The average molecular weight is 1360 g/mol. The van der Waals surface area contributed by atoms with Gasteiger partial charge in [-0.15, -0.1) is 0 Å². The second-order valence-corrected chi connectivity index (χ2v) is 31.6. The Morgan fingerprint density at radius 1 is 0.300 bits per heavy atom. The molecule has 0 aliphatic carbocycles. The molecule has 5 heterocycles. The summed E-state index contributed by atoms with van der Waals surface area (Å²) >= 11 is 0. The van der Waals surface area contributed by atoms with E-state index in [9.17, 15) is 0 Å². The molecule has 100 heavy (non-hydrogen) atoms. The van der Waals surface area contributed by atoms with E-state index >= 15 is 0 Å². The molecule has 10 aromatic rings. The van der Waals surface area contributed by atoms with E-state index in [1.807, 2.05) is 324 Å². The summed E-state index contributed by atoms with van der Waals surface area (Å²) in [6.45, 7) is 40.5. The molecule has 0 unspecified atom stereocenters. The summed E-state index contributed by atoms with van der Waals surface area (Å²) in [4.78, 5) is 0. The lowest BCUT2D eigenvalue weighted by molar-refractivity contribution is -0.661. The molecule has 5 aromatic heterocycles. The first-order valence-electron chi connectivity index (χ1n) is 42.9. The maximum absolute atomic E-state index is 8.92. The number of benzene rings is 5. The number of pyridine rings is 5. The molecule has 0 aliphatic heterocycles. The van der Waals surface area contributed by atoms with Crippen molar-refractivity contribution in [3.05, 3.63) is 267 Å². The third kappa shape index (κ3) is 25.2. The first-order chi connectivity index (χ1) is 52.5. The van der Waals surface area contributed by atoms with Gasteiger partial charge in [0, 0.05) is 107 Å². The van der Waals surface area contributed by atoms with Crippen molar-refractivity contribution in [2.75, 3.05) is 0 Å². The zero-order valence-electron chi connectivity index (χ0n) is 80.9. The van der Waals surface area contributed by atoms with Gasteiger partial charge in [0.15, 0.2) is 31.0 Å². The Balaban J connectivity index is 0.000000225. The third-order valence-electron chi connectivity index (χ3n) is 16.3. The fourth-order valence-electron chi connectivity index (χ4n) is 11.9. The first kappa shape index (κ1) is 60.6. The van der Waals surface area contributed by atoms with E-state index in [2.05, 4.69) is 63.2 Å². The highest BCUT2D eigenvalue weighted by Crippen LogP contribution is 2.32. The van der Waals surface area contributed by atoms with E-state index in [0.29, 0.717) is 22.3 Å². The number of nitrogens with zero attached hydrogens (tertiary/aromatic N) is 5. The maximum Gasteiger partial charge on any atom is 0.212 e. The third-order valence-corrected chi connectivity index (χ3v) is 16.3. The Labute approximate surface area is 630 Å². The fraction of sp³-hybridized carbons (Fsp3) is 0.421. The Kier molecular flexibility index (Phi) is 21.5. The van der Waals surface area contributed by atoms with Gasteiger partial charge in [0.25, 0.3) is 0 Å². The first-order valence-corrected chi connectivity index (χ1v) is 35.4. The van der Waals surface area contributed by atoms with Gasteiger partial charge in [-0.05, 0) is 208 Å². The van der Waals surface area contributed by atoms with Crippen LogP contribution in [-0.4, -0.2) is 0 Å². The van der Waals surface area contributed by atoms with Crippen molar-refractivity contribution >= 4 is 0 Å². The molecular formula is C95H130N5+5. The van der Waals surface area contributed by atoms with Crippen LogP contribution in [0.2, 0.25) is 0 Å². The summed E-state index contributed by atoms with van der Waals surface area (Å²) < 4.78 is 135. The van der Waals surface area contributed by atoms with Crippen LogP contribution >= 0.6 is 0 Å². The normalized spacial score (nSPS) is 14.8. The highest BCUT2D eigenvalue weighted by Gasteiger charge is 2.26. The van der Waals surface area contributed by atoms with Gasteiger partial charge in [-0.25, -0.2) is 22.8 Å². The smallest absolute Gasteiger partial charge is 0.201 e. The number of aryl methyl sites for hydroxylation is 12. The quantitative estimate of drug-likeness (QED) is 0.103. The van der Waals surface area contributed by atoms with E-state index in [1.165, 1.54) is 33.4 Å². The van der Waals surface area contributed by atoms with E-state index in [-0.39, 0.29) is 11.8 Å². The molecule has 0 aliphatic rings. The van der Waals surface area contributed by atoms with Crippen LogP contribution in [-0.2, 0) is 73.5 Å². The Morgan fingerprint density at radius 3 is 0.960 bits per heavy atom. The van der Waals surface area contributed by atoms with E-state index in [0.717, 1.165) is 73.0 Å². The van der Waals surface area contributed by atoms with Gasteiger partial charge in [-0.3, -0.25) is 0 Å². The van der Waals surface area contributed by atoms with Crippen LogP contribution in [0.4, 0.5) is 0 Å². The molecular weight excluding hydrogens is 1210 g/mol. The summed E-state index contributed by atoms with van der Waals surface area (Å²) in [5.41, 5.74) is 19.1. The predicted octanol–water partition coefficient (Wildman–Crippen LogP) is 21.8. The molecule has 5 nitrogen and oxygen atoms in total. The largest absolute Gasteiger partial charge is 0.212 e. The van der Waals surface area contributed by atoms with Crippen molar-refractivity contribution in [1.29, 1.82) is 0 Å². The zero-order chi connectivity index (χ0) is 87.4. The van der Waals surface area contributed by atoms with Gasteiger partial charge < -0.3 is 0 Å². The summed E-state index contributed by atoms with van der Waals surface area (Å²) in [5, 5.41) is 0. The Morgan fingerprint density at radius 2 is 0.610 bits per heavy atom. The summed E-state index contributed by atoms with van der Waals surface area (Å²) in [6.07, 6.45) is 0.526. The van der Waals surface area contributed by atoms with Crippen LogP contribution in [0.15, 0.2) is 195 Å². The van der Waals surface area contributed by atoms with Gasteiger partial charge in [0.1, 0.15) is 35.2 Å². The molecule has 0 N–H and O–H groups in total. The second kappa shape index (κ2) is 35.4. The highest BCUT2D eigenvalue weighted by atomic mass is 14.9. The Bertz CT molecular complexity index is 5040. The van der Waals surface area contributed by atoms with Crippen LogP contribution in [0, 0.1) is 81.9 Å².